The Morgan fingerprint density at radius 3 is 2.55 bits per heavy atom. The maximum atomic E-state index is 6.20. The number of hydrazine groups is 1. The molecule has 1 saturated heterocycles. The number of rotatable bonds is 6. The third-order valence-electron chi connectivity index (χ3n) is 4.13. The molecule has 0 spiro atoms. The Balaban J connectivity index is 2.05. The fourth-order valence-corrected chi connectivity index (χ4v) is 2.86. The van der Waals surface area contributed by atoms with Gasteiger partial charge in [-0.05, 0) is 39.4 Å². The number of ether oxygens (including phenoxy) is 1. The molecule has 1 aliphatic rings. The monoisotopic (exact) mass is 277 g/mol. The molecule has 3 N–H and O–H groups in total. The van der Waals surface area contributed by atoms with Gasteiger partial charge in [0.2, 0.25) is 0 Å². The Kier molecular flexibility index (Phi) is 5.40. The molecule has 4 unspecified atom stereocenters. The van der Waals surface area contributed by atoms with Gasteiger partial charge in [0.25, 0.3) is 0 Å². The van der Waals surface area contributed by atoms with Gasteiger partial charge in [0.15, 0.2) is 0 Å². The molecule has 1 heterocycles. The van der Waals surface area contributed by atoms with Gasteiger partial charge in [-0.3, -0.25) is 10.9 Å². The van der Waals surface area contributed by atoms with Gasteiger partial charge in [0.1, 0.15) is 11.9 Å². The molecule has 0 amide bonds. The second kappa shape index (κ2) is 7.07. The highest BCUT2D eigenvalue weighted by molar-refractivity contribution is 5.26. The van der Waals surface area contributed by atoms with Crippen molar-refractivity contribution in [3.63, 3.8) is 0 Å². The van der Waals surface area contributed by atoms with E-state index >= 15 is 0 Å². The van der Waals surface area contributed by atoms with Crippen LogP contribution in [0, 0.1) is 12.8 Å². The van der Waals surface area contributed by atoms with Crippen molar-refractivity contribution < 1.29 is 4.74 Å². The van der Waals surface area contributed by atoms with Gasteiger partial charge < -0.3 is 10.1 Å². The first kappa shape index (κ1) is 15.3. The average Bonchev–Trinajstić information content (AvgIpc) is 2.80. The van der Waals surface area contributed by atoms with E-state index in [-0.39, 0.29) is 6.10 Å². The normalized spacial score (nSPS) is 27.5. The molecule has 0 radical (unpaired) electrons. The average molecular weight is 277 g/mol. The summed E-state index contributed by atoms with van der Waals surface area (Å²) in [7, 11) is 2.00. The van der Waals surface area contributed by atoms with Crippen LogP contribution in [0.4, 0.5) is 0 Å². The standard InChI is InChI=1S/C16H27N3O/c1-5-15(20-13-8-6-11(2)7-9-13)16-14(10-17-4)12(3)18-19-16/h6-9,12,14-19H,5,10H2,1-4H3. The predicted octanol–water partition coefficient (Wildman–Crippen LogP) is 1.85. The number of hydrogen-bond acceptors (Lipinski definition) is 4. The first-order valence-corrected chi connectivity index (χ1v) is 7.54. The number of nitrogens with one attached hydrogen (secondary N) is 3. The van der Waals surface area contributed by atoms with Crippen LogP contribution in [0.2, 0.25) is 0 Å². The highest BCUT2D eigenvalue weighted by Gasteiger charge is 2.38. The smallest absolute Gasteiger partial charge is 0.119 e. The summed E-state index contributed by atoms with van der Waals surface area (Å²) in [4.78, 5) is 0. The van der Waals surface area contributed by atoms with Gasteiger partial charge in [0, 0.05) is 18.5 Å². The van der Waals surface area contributed by atoms with E-state index in [0.29, 0.717) is 18.0 Å². The van der Waals surface area contributed by atoms with Crippen LogP contribution in [0.3, 0.4) is 0 Å². The first-order chi connectivity index (χ1) is 9.65. The van der Waals surface area contributed by atoms with Crippen molar-refractivity contribution >= 4 is 0 Å². The van der Waals surface area contributed by atoms with Crippen LogP contribution in [-0.2, 0) is 0 Å². The molecule has 2 rings (SSSR count). The van der Waals surface area contributed by atoms with Gasteiger partial charge in [-0.2, -0.15) is 0 Å². The quantitative estimate of drug-likeness (QED) is 0.742. The van der Waals surface area contributed by atoms with Crippen molar-refractivity contribution in [1.82, 2.24) is 16.2 Å². The van der Waals surface area contributed by atoms with Crippen molar-refractivity contribution in [3.8, 4) is 5.75 Å². The minimum absolute atomic E-state index is 0.175. The van der Waals surface area contributed by atoms with Gasteiger partial charge in [-0.15, -0.1) is 0 Å². The summed E-state index contributed by atoms with van der Waals surface area (Å²) in [6, 6.07) is 9.06. The predicted molar refractivity (Wildman–Crippen MR) is 82.8 cm³/mol. The molecule has 4 heteroatoms. The zero-order chi connectivity index (χ0) is 14.5. The highest BCUT2D eigenvalue weighted by atomic mass is 16.5. The second-order valence-corrected chi connectivity index (χ2v) is 5.70. The summed E-state index contributed by atoms with van der Waals surface area (Å²) in [6.07, 6.45) is 1.16. The van der Waals surface area contributed by atoms with E-state index < -0.39 is 0 Å². The van der Waals surface area contributed by atoms with E-state index in [1.165, 1.54) is 5.56 Å². The fraction of sp³-hybridized carbons (Fsp3) is 0.625. The van der Waals surface area contributed by atoms with Crippen LogP contribution in [0.5, 0.6) is 5.75 Å². The highest BCUT2D eigenvalue weighted by Crippen LogP contribution is 2.23. The van der Waals surface area contributed by atoms with Crippen molar-refractivity contribution in [2.24, 2.45) is 5.92 Å². The van der Waals surface area contributed by atoms with E-state index in [1.807, 2.05) is 7.05 Å². The Hall–Kier alpha value is -1.10. The molecule has 1 fully saturated rings. The van der Waals surface area contributed by atoms with Crippen LogP contribution < -0.4 is 20.9 Å². The maximum Gasteiger partial charge on any atom is 0.119 e. The van der Waals surface area contributed by atoms with Gasteiger partial charge >= 0.3 is 0 Å². The van der Waals surface area contributed by atoms with Crippen molar-refractivity contribution in [1.29, 1.82) is 0 Å². The lowest BCUT2D eigenvalue weighted by molar-refractivity contribution is 0.133. The first-order valence-electron chi connectivity index (χ1n) is 7.54. The molecule has 1 aromatic rings. The Labute approximate surface area is 122 Å². The lowest BCUT2D eigenvalue weighted by Crippen LogP contribution is -2.46. The zero-order valence-corrected chi connectivity index (χ0v) is 12.9. The number of hydrogen-bond donors (Lipinski definition) is 3. The van der Waals surface area contributed by atoms with Crippen LogP contribution in [0.1, 0.15) is 25.8 Å². The molecule has 4 nitrogen and oxygen atoms in total. The number of aryl methyl sites for hydroxylation is 1. The van der Waals surface area contributed by atoms with Gasteiger partial charge in [0.05, 0.1) is 6.04 Å². The topological polar surface area (TPSA) is 45.3 Å². The molecular formula is C16H27N3O. The van der Waals surface area contributed by atoms with E-state index in [0.717, 1.165) is 18.7 Å². The molecule has 112 valence electrons. The minimum atomic E-state index is 0.175. The van der Waals surface area contributed by atoms with E-state index in [1.54, 1.807) is 0 Å². The summed E-state index contributed by atoms with van der Waals surface area (Å²) in [5, 5.41) is 3.28. The van der Waals surface area contributed by atoms with E-state index in [4.69, 9.17) is 4.74 Å². The fourth-order valence-electron chi connectivity index (χ4n) is 2.86. The Morgan fingerprint density at radius 1 is 1.25 bits per heavy atom. The lowest BCUT2D eigenvalue weighted by Gasteiger charge is -2.28. The molecule has 20 heavy (non-hydrogen) atoms. The minimum Gasteiger partial charge on any atom is -0.489 e. The lowest BCUT2D eigenvalue weighted by atomic mass is 9.90. The molecule has 0 aromatic heterocycles. The summed E-state index contributed by atoms with van der Waals surface area (Å²) >= 11 is 0. The van der Waals surface area contributed by atoms with Crippen molar-refractivity contribution in [3.05, 3.63) is 29.8 Å². The molecular weight excluding hydrogens is 250 g/mol. The molecule has 0 bridgehead atoms. The van der Waals surface area contributed by atoms with Gasteiger partial charge in [-0.25, -0.2) is 0 Å². The van der Waals surface area contributed by atoms with Crippen molar-refractivity contribution in [2.75, 3.05) is 13.6 Å². The molecule has 1 aliphatic heterocycles. The van der Waals surface area contributed by atoms with Crippen LogP contribution in [0.15, 0.2) is 24.3 Å². The Morgan fingerprint density at radius 2 is 1.95 bits per heavy atom. The van der Waals surface area contributed by atoms with Crippen LogP contribution in [0.25, 0.3) is 0 Å². The summed E-state index contributed by atoms with van der Waals surface area (Å²) in [5.74, 6) is 1.47. The van der Waals surface area contributed by atoms with Crippen LogP contribution >= 0.6 is 0 Å². The third-order valence-corrected chi connectivity index (χ3v) is 4.13. The van der Waals surface area contributed by atoms with E-state index in [9.17, 15) is 0 Å². The molecule has 4 atom stereocenters. The summed E-state index contributed by atoms with van der Waals surface area (Å²) in [5.41, 5.74) is 8.01. The molecule has 0 aliphatic carbocycles. The summed E-state index contributed by atoms with van der Waals surface area (Å²) in [6.45, 7) is 7.47. The van der Waals surface area contributed by atoms with E-state index in [2.05, 4.69) is 61.2 Å². The van der Waals surface area contributed by atoms with Gasteiger partial charge in [-0.1, -0.05) is 24.6 Å². The largest absolute Gasteiger partial charge is 0.489 e. The third kappa shape index (κ3) is 3.51. The second-order valence-electron chi connectivity index (χ2n) is 5.70. The summed E-state index contributed by atoms with van der Waals surface area (Å²) < 4.78 is 6.20. The maximum absolute atomic E-state index is 6.20. The molecule has 0 saturated carbocycles. The Bertz CT molecular complexity index is 407. The van der Waals surface area contributed by atoms with Crippen LogP contribution in [-0.4, -0.2) is 31.8 Å². The van der Waals surface area contributed by atoms with Crippen molar-refractivity contribution in [2.45, 2.75) is 45.4 Å². The zero-order valence-electron chi connectivity index (χ0n) is 12.9. The number of benzene rings is 1. The SMILES string of the molecule is CCC(Oc1ccc(C)cc1)C1NNC(C)C1CNC. The molecule has 1 aromatic carbocycles.